The van der Waals surface area contributed by atoms with Gasteiger partial charge in [-0.15, -0.1) is 11.3 Å². The van der Waals surface area contributed by atoms with Crippen molar-refractivity contribution in [2.24, 2.45) is 0 Å². The molecule has 0 radical (unpaired) electrons. The standard InChI is InChI=1S/C24H20N2OS/c1-16-9-10-22(28-16)20-14-19(17-6-3-2-4-7-17)23-21-15-25-12-11-18(21)8-5-13-26(23)24(20)27/h2-4,6-7,9-12,14-15H,5,8,13H2,1H3. The van der Waals surface area contributed by atoms with Crippen molar-refractivity contribution in [3.05, 3.63) is 87.8 Å². The quantitative estimate of drug-likeness (QED) is 0.453. The Kier molecular flexibility index (Phi) is 4.21. The summed E-state index contributed by atoms with van der Waals surface area (Å²) in [6.07, 6.45) is 5.66. The van der Waals surface area contributed by atoms with E-state index in [1.807, 2.05) is 35.2 Å². The molecule has 1 aromatic carbocycles. The molecule has 28 heavy (non-hydrogen) atoms. The summed E-state index contributed by atoms with van der Waals surface area (Å²) < 4.78 is 1.97. The maximum atomic E-state index is 13.5. The van der Waals surface area contributed by atoms with E-state index in [1.165, 1.54) is 10.4 Å². The van der Waals surface area contributed by atoms with Gasteiger partial charge in [-0.05, 0) is 55.2 Å². The van der Waals surface area contributed by atoms with Crippen LogP contribution in [0.15, 0.2) is 71.8 Å². The second kappa shape index (κ2) is 6.88. The van der Waals surface area contributed by atoms with Gasteiger partial charge < -0.3 is 4.57 Å². The largest absolute Gasteiger partial charge is 0.307 e. The number of rotatable bonds is 2. The van der Waals surface area contributed by atoms with Crippen molar-refractivity contribution in [1.29, 1.82) is 0 Å². The lowest BCUT2D eigenvalue weighted by Crippen LogP contribution is -2.23. The average Bonchev–Trinajstić information content (AvgIpc) is 3.06. The fourth-order valence-electron chi connectivity index (χ4n) is 4.05. The highest BCUT2D eigenvalue weighted by Crippen LogP contribution is 2.38. The predicted molar refractivity (Wildman–Crippen MR) is 116 cm³/mol. The highest BCUT2D eigenvalue weighted by molar-refractivity contribution is 7.15. The lowest BCUT2D eigenvalue weighted by Gasteiger charge is -2.18. The van der Waals surface area contributed by atoms with Crippen LogP contribution in [-0.2, 0) is 13.0 Å². The third kappa shape index (κ3) is 2.81. The first-order chi connectivity index (χ1) is 13.7. The minimum Gasteiger partial charge on any atom is -0.307 e. The molecule has 0 N–H and O–H groups in total. The third-order valence-corrected chi connectivity index (χ3v) is 6.41. The zero-order valence-corrected chi connectivity index (χ0v) is 16.5. The minimum atomic E-state index is 0.0910. The molecule has 5 rings (SSSR count). The topological polar surface area (TPSA) is 34.9 Å². The molecule has 0 saturated heterocycles. The molecule has 0 bridgehead atoms. The smallest absolute Gasteiger partial charge is 0.259 e. The van der Waals surface area contributed by atoms with Crippen molar-refractivity contribution in [1.82, 2.24) is 9.55 Å². The van der Waals surface area contributed by atoms with Crippen molar-refractivity contribution in [3.63, 3.8) is 0 Å². The fraction of sp³-hybridized carbons (Fsp3) is 0.167. The summed E-state index contributed by atoms with van der Waals surface area (Å²) in [6, 6.07) is 18.7. The molecule has 0 atom stereocenters. The summed E-state index contributed by atoms with van der Waals surface area (Å²) in [4.78, 5) is 20.1. The Morgan fingerprint density at radius 1 is 1.00 bits per heavy atom. The Morgan fingerprint density at radius 3 is 2.64 bits per heavy atom. The fourth-order valence-corrected chi connectivity index (χ4v) is 4.92. The summed E-state index contributed by atoms with van der Waals surface area (Å²) in [6.45, 7) is 2.80. The van der Waals surface area contributed by atoms with E-state index in [0.29, 0.717) is 0 Å². The first kappa shape index (κ1) is 17.1. The third-order valence-electron chi connectivity index (χ3n) is 5.37. The summed E-state index contributed by atoms with van der Waals surface area (Å²) in [5.41, 5.74) is 6.42. The lowest BCUT2D eigenvalue weighted by molar-refractivity contribution is 0.643. The van der Waals surface area contributed by atoms with Crippen molar-refractivity contribution in [2.45, 2.75) is 26.3 Å². The number of hydrogen-bond acceptors (Lipinski definition) is 3. The monoisotopic (exact) mass is 384 g/mol. The number of fused-ring (bicyclic) bond motifs is 3. The van der Waals surface area contributed by atoms with Crippen LogP contribution < -0.4 is 5.56 Å². The van der Waals surface area contributed by atoms with E-state index in [9.17, 15) is 4.79 Å². The van der Waals surface area contributed by atoms with Gasteiger partial charge in [0.2, 0.25) is 0 Å². The van der Waals surface area contributed by atoms with E-state index >= 15 is 0 Å². The van der Waals surface area contributed by atoms with Gasteiger partial charge in [-0.2, -0.15) is 0 Å². The van der Waals surface area contributed by atoms with Crippen LogP contribution in [0.25, 0.3) is 32.8 Å². The van der Waals surface area contributed by atoms with E-state index in [-0.39, 0.29) is 5.56 Å². The Morgan fingerprint density at radius 2 is 1.86 bits per heavy atom. The van der Waals surface area contributed by atoms with Crippen LogP contribution in [0, 0.1) is 6.92 Å². The summed E-state index contributed by atoms with van der Waals surface area (Å²) in [7, 11) is 0. The molecule has 3 nitrogen and oxygen atoms in total. The Balaban J connectivity index is 1.89. The molecule has 4 heteroatoms. The SMILES string of the molecule is Cc1ccc(-c2cc(-c3ccccc3)c3n(c2=O)CCCc2ccncc2-3)s1. The maximum Gasteiger partial charge on any atom is 0.259 e. The molecule has 0 amide bonds. The van der Waals surface area contributed by atoms with Gasteiger partial charge in [0.1, 0.15) is 0 Å². The Bertz CT molecular complexity index is 1220. The van der Waals surface area contributed by atoms with E-state index in [0.717, 1.165) is 52.2 Å². The van der Waals surface area contributed by atoms with Gasteiger partial charge in [0.05, 0.1) is 11.3 Å². The van der Waals surface area contributed by atoms with Gasteiger partial charge in [0.25, 0.3) is 5.56 Å². The predicted octanol–water partition coefficient (Wildman–Crippen LogP) is 5.56. The molecule has 138 valence electrons. The second-order valence-electron chi connectivity index (χ2n) is 7.19. The van der Waals surface area contributed by atoms with Crippen LogP contribution in [-0.4, -0.2) is 9.55 Å². The number of nitrogens with zero attached hydrogens (tertiary/aromatic N) is 2. The first-order valence-corrected chi connectivity index (χ1v) is 10.4. The van der Waals surface area contributed by atoms with Crippen molar-refractivity contribution < 1.29 is 0 Å². The van der Waals surface area contributed by atoms with Gasteiger partial charge in [-0.25, -0.2) is 0 Å². The summed E-state index contributed by atoms with van der Waals surface area (Å²) >= 11 is 1.67. The molecular weight excluding hydrogens is 364 g/mol. The molecule has 3 aromatic heterocycles. The Labute approximate surface area is 168 Å². The van der Waals surface area contributed by atoms with E-state index in [1.54, 1.807) is 11.3 Å². The Hall–Kier alpha value is -2.98. The molecule has 0 saturated carbocycles. The van der Waals surface area contributed by atoms with Crippen LogP contribution >= 0.6 is 11.3 Å². The van der Waals surface area contributed by atoms with Crippen LogP contribution in [0.3, 0.4) is 0 Å². The molecule has 4 heterocycles. The molecule has 1 aliphatic rings. The number of hydrogen-bond donors (Lipinski definition) is 0. The van der Waals surface area contributed by atoms with Gasteiger partial charge in [0, 0.05) is 39.8 Å². The minimum absolute atomic E-state index is 0.0910. The molecule has 1 aliphatic heterocycles. The van der Waals surface area contributed by atoms with Crippen molar-refractivity contribution in [2.75, 3.05) is 0 Å². The second-order valence-corrected chi connectivity index (χ2v) is 8.48. The highest BCUT2D eigenvalue weighted by Gasteiger charge is 2.23. The van der Waals surface area contributed by atoms with Crippen molar-refractivity contribution >= 4 is 11.3 Å². The summed E-state index contributed by atoms with van der Waals surface area (Å²) in [5, 5.41) is 0. The summed E-state index contributed by atoms with van der Waals surface area (Å²) in [5.74, 6) is 0. The van der Waals surface area contributed by atoms with Gasteiger partial charge in [0.15, 0.2) is 0 Å². The van der Waals surface area contributed by atoms with Crippen molar-refractivity contribution in [3.8, 4) is 32.8 Å². The van der Waals surface area contributed by atoms with Crippen LogP contribution in [0.1, 0.15) is 16.9 Å². The van der Waals surface area contributed by atoms with E-state index < -0.39 is 0 Å². The zero-order chi connectivity index (χ0) is 19.1. The highest BCUT2D eigenvalue weighted by atomic mass is 32.1. The molecule has 0 unspecified atom stereocenters. The van der Waals surface area contributed by atoms with Gasteiger partial charge in [-0.1, -0.05) is 30.3 Å². The van der Waals surface area contributed by atoms with E-state index in [4.69, 9.17) is 0 Å². The van der Waals surface area contributed by atoms with Crippen LogP contribution in [0.2, 0.25) is 0 Å². The molecule has 0 spiro atoms. The molecule has 0 fully saturated rings. The number of benzene rings is 1. The van der Waals surface area contributed by atoms with E-state index in [2.05, 4.69) is 48.3 Å². The number of aromatic nitrogens is 2. The first-order valence-electron chi connectivity index (χ1n) is 9.56. The zero-order valence-electron chi connectivity index (χ0n) is 15.7. The average molecular weight is 385 g/mol. The lowest BCUT2D eigenvalue weighted by atomic mass is 9.95. The number of pyridine rings is 2. The molecule has 0 aliphatic carbocycles. The van der Waals surface area contributed by atoms with Gasteiger partial charge >= 0.3 is 0 Å². The number of thiophene rings is 1. The normalized spacial score (nSPS) is 12.9. The van der Waals surface area contributed by atoms with Crippen LogP contribution in [0.4, 0.5) is 0 Å². The van der Waals surface area contributed by atoms with Crippen LogP contribution in [0.5, 0.6) is 0 Å². The molecule has 4 aromatic rings. The maximum absolute atomic E-state index is 13.5. The molecular formula is C24H20N2OS. The number of aryl methyl sites for hydroxylation is 2. The van der Waals surface area contributed by atoms with Gasteiger partial charge in [-0.3, -0.25) is 9.78 Å².